The fraction of sp³-hybridized carbons (Fsp3) is 0.583. The predicted octanol–water partition coefficient (Wildman–Crippen LogP) is 1.02. The van der Waals surface area contributed by atoms with E-state index in [0.717, 1.165) is 29.3 Å². The fourth-order valence-electron chi connectivity index (χ4n) is 1.62. The molecule has 0 aliphatic heterocycles. The van der Waals surface area contributed by atoms with Gasteiger partial charge in [-0.05, 0) is 20.2 Å². The van der Waals surface area contributed by atoms with Crippen LogP contribution < -0.4 is 10.9 Å². The van der Waals surface area contributed by atoms with Gasteiger partial charge in [-0.15, -0.1) is 0 Å². The van der Waals surface area contributed by atoms with E-state index in [0.29, 0.717) is 13.1 Å². The highest BCUT2D eigenvalue weighted by Crippen LogP contribution is 2.27. The molecule has 108 valence electrons. The zero-order chi connectivity index (χ0) is 14.5. The van der Waals surface area contributed by atoms with Crippen LogP contribution in [0.4, 0.5) is 13.2 Å². The minimum Gasteiger partial charge on any atom is -0.314 e. The summed E-state index contributed by atoms with van der Waals surface area (Å²) in [5.74, 6) is 0. The van der Waals surface area contributed by atoms with Gasteiger partial charge in [0, 0.05) is 32.2 Å². The number of likely N-dealkylation sites (N-methyl/N-ethyl adjacent to an activating group) is 1. The lowest BCUT2D eigenvalue weighted by atomic mass is 10.3. The van der Waals surface area contributed by atoms with Gasteiger partial charge in [0.15, 0.2) is 0 Å². The summed E-state index contributed by atoms with van der Waals surface area (Å²) in [6, 6.07) is 3.18. The standard InChI is InChI=1S/C12H18F3N3O/c1-17(2)8-6-16-7-9-18-10(12(13,14)15)4-3-5-11(18)19/h3-5,16H,6-9H2,1-2H3. The van der Waals surface area contributed by atoms with Crippen molar-refractivity contribution in [3.63, 3.8) is 0 Å². The maximum absolute atomic E-state index is 12.7. The number of nitrogens with zero attached hydrogens (tertiary/aromatic N) is 2. The van der Waals surface area contributed by atoms with Crippen LogP contribution in [0.1, 0.15) is 5.69 Å². The molecule has 0 radical (unpaired) electrons. The summed E-state index contributed by atoms with van der Waals surface area (Å²) in [5, 5.41) is 3.00. The Kier molecular flexibility index (Phi) is 5.56. The van der Waals surface area contributed by atoms with Crippen molar-refractivity contribution in [2.24, 2.45) is 0 Å². The van der Waals surface area contributed by atoms with Crippen LogP contribution in [0.3, 0.4) is 0 Å². The molecule has 0 aromatic carbocycles. The van der Waals surface area contributed by atoms with Crippen LogP contribution in [-0.2, 0) is 12.7 Å². The summed E-state index contributed by atoms with van der Waals surface area (Å²) >= 11 is 0. The third-order valence-corrected chi connectivity index (χ3v) is 2.59. The molecule has 0 bridgehead atoms. The lowest BCUT2D eigenvalue weighted by molar-refractivity contribution is -0.144. The molecule has 1 aromatic heterocycles. The largest absolute Gasteiger partial charge is 0.431 e. The van der Waals surface area contributed by atoms with Gasteiger partial charge >= 0.3 is 6.18 Å². The first kappa shape index (κ1) is 15.7. The van der Waals surface area contributed by atoms with Gasteiger partial charge in [-0.3, -0.25) is 4.79 Å². The minimum absolute atomic E-state index is 0.00193. The van der Waals surface area contributed by atoms with E-state index < -0.39 is 17.4 Å². The van der Waals surface area contributed by atoms with Gasteiger partial charge in [-0.2, -0.15) is 13.2 Å². The molecular formula is C12H18F3N3O. The summed E-state index contributed by atoms with van der Waals surface area (Å²) in [7, 11) is 3.82. The SMILES string of the molecule is CN(C)CCNCCn1c(C(F)(F)F)cccc1=O. The first-order valence-corrected chi connectivity index (χ1v) is 5.95. The molecule has 0 saturated carbocycles. The molecule has 0 aliphatic carbocycles. The van der Waals surface area contributed by atoms with Gasteiger partial charge < -0.3 is 14.8 Å². The van der Waals surface area contributed by atoms with Crippen molar-refractivity contribution < 1.29 is 13.2 Å². The normalized spacial score (nSPS) is 12.1. The van der Waals surface area contributed by atoms with Crippen molar-refractivity contribution in [3.05, 3.63) is 34.2 Å². The molecule has 1 N–H and O–H groups in total. The average Bonchev–Trinajstić information content (AvgIpc) is 2.28. The summed E-state index contributed by atoms with van der Waals surface area (Å²) in [6.45, 7) is 1.77. The second kappa shape index (κ2) is 6.72. The number of pyridine rings is 1. The van der Waals surface area contributed by atoms with Crippen LogP contribution >= 0.6 is 0 Å². The monoisotopic (exact) mass is 277 g/mol. The van der Waals surface area contributed by atoms with Crippen molar-refractivity contribution in [2.75, 3.05) is 33.7 Å². The lowest BCUT2D eigenvalue weighted by Crippen LogP contribution is -2.33. The molecule has 0 saturated heterocycles. The van der Waals surface area contributed by atoms with E-state index in [9.17, 15) is 18.0 Å². The van der Waals surface area contributed by atoms with Crippen LogP contribution in [0.15, 0.2) is 23.0 Å². The Morgan fingerprint density at radius 3 is 2.53 bits per heavy atom. The Labute approximate surface area is 109 Å². The Balaban J connectivity index is 2.65. The molecule has 0 unspecified atom stereocenters. The van der Waals surface area contributed by atoms with Crippen molar-refractivity contribution in [1.29, 1.82) is 0 Å². The third-order valence-electron chi connectivity index (χ3n) is 2.59. The summed E-state index contributed by atoms with van der Waals surface area (Å²) in [6.07, 6.45) is -4.51. The van der Waals surface area contributed by atoms with Crippen molar-refractivity contribution in [2.45, 2.75) is 12.7 Å². The fourth-order valence-corrected chi connectivity index (χ4v) is 1.62. The number of nitrogens with one attached hydrogen (secondary N) is 1. The summed E-state index contributed by atoms with van der Waals surface area (Å²) in [4.78, 5) is 13.4. The van der Waals surface area contributed by atoms with Crippen LogP contribution in [0, 0.1) is 0 Å². The van der Waals surface area contributed by atoms with E-state index in [4.69, 9.17) is 0 Å². The zero-order valence-corrected chi connectivity index (χ0v) is 11.0. The number of hydrogen-bond acceptors (Lipinski definition) is 3. The van der Waals surface area contributed by atoms with Gasteiger partial charge in [-0.1, -0.05) is 6.07 Å². The highest BCUT2D eigenvalue weighted by molar-refractivity contribution is 5.10. The molecule has 7 heteroatoms. The van der Waals surface area contributed by atoms with Crippen LogP contribution in [0.25, 0.3) is 0 Å². The maximum atomic E-state index is 12.7. The van der Waals surface area contributed by atoms with Crippen molar-refractivity contribution >= 4 is 0 Å². The van der Waals surface area contributed by atoms with Gasteiger partial charge in [0.2, 0.25) is 0 Å². The van der Waals surface area contributed by atoms with E-state index in [1.807, 2.05) is 19.0 Å². The van der Waals surface area contributed by atoms with Gasteiger partial charge in [0.1, 0.15) is 5.69 Å². The van der Waals surface area contributed by atoms with Crippen molar-refractivity contribution in [3.8, 4) is 0 Å². The topological polar surface area (TPSA) is 37.3 Å². The molecule has 1 aromatic rings. The van der Waals surface area contributed by atoms with Gasteiger partial charge in [-0.25, -0.2) is 0 Å². The molecule has 0 aliphatic rings. The molecule has 0 atom stereocenters. The molecule has 1 heterocycles. The molecule has 4 nitrogen and oxygen atoms in total. The lowest BCUT2D eigenvalue weighted by Gasteiger charge is -2.15. The van der Waals surface area contributed by atoms with Crippen LogP contribution in [0.5, 0.6) is 0 Å². The Hall–Kier alpha value is -1.34. The number of halogens is 3. The van der Waals surface area contributed by atoms with E-state index >= 15 is 0 Å². The molecule has 0 fully saturated rings. The van der Waals surface area contributed by atoms with Crippen molar-refractivity contribution in [1.82, 2.24) is 14.8 Å². The maximum Gasteiger partial charge on any atom is 0.431 e. The van der Waals surface area contributed by atoms with E-state index in [-0.39, 0.29) is 6.54 Å². The average molecular weight is 277 g/mol. The third kappa shape index (κ3) is 5.04. The van der Waals surface area contributed by atoms with E-state index in [1.165, 1.54) is 0 Å². The number of hydrogen-bond donors (Lipinski definition) is 1. The van der Waals surface area contributed by atoms with Crippen LogP contribution in [-0.4, -0.2) is 43.2 Å². The quantitative estimate of drug-likeness (QED) is 0.789. The van der Waals surface area contributed by atoms with Gasteiger partial charge in [0.05, 0.1) is 0 Å². The second-order valence-corrected chi connectivity index (χ2v) is 4.45. The molecule has 0 amide bonds. The molecule has 1 rings (SSSR count). The highest BCUT2D eigenvalue weighted by atomic mass is 19.4. The van der Waals surface area contributed by atoms with E-state index in [1.54, 1.807) is 0 Å². The highest BCUT2D eigenvalue weighted by Gasteiger charge is 2.33. The predicted molar refractivity (Wildman–Crippen MR) is 67.1 cm³/mol. The second-order valence-electron chi connectivity index (χ2n) is 4.45. The number of rotatable bonds is 6. The summed E-state index contributed by atoms with van der Waals surface area (Å²) < 4.78 is 38.9. The molecule has 0 spiro atoms. The summed E-state index contributed by atoms with van der Waals surface area (Å²) in [5.41, 5.74) is -1.54. The Bertz CT molecular complexity index is 454. The zero-order valence-electron chi connectivity index (χ0n) is 11.0. The number of alkyl halides is 3. The molecule has 19 heavy (non-hydrogen) atoms. The smallest absolute Gasteiger partial charge is 0.314 e. The Morgan fingerprint density at radius 2 is 1.95 bits per heavy atom. The van der Waals surface area contributed by atoms with Gasteiger partial charge in [0.25, 0.3) is 5.56 Å². The van der Waals surface area contributed by atoms with E-state index in [2.05, 4.69) is 5.32 Å². The first-order valence-electron chi connectivity index (χ1n) is 5.95. The minimum atomic E-state index is -4.51. The first-order chi connectivity index (χ1) is 8.82. The number of aromatic nitrogens is 1. The van der Waals surface area contributed by atoms with Crippen LogP contribution in [0.2, 0.25) is 0 Å². The Morgan fingerprint density at radius 1 is 1.26 bits per heavy atom. The molecular weight excluding hydrogens is 259 g/mol.